The van der Waals surface area contributed by atoms with Crippen molar-refractivity contribution in [3.8, 4) is 0 Å². The first-order valence-corrected chi connectivity index (χ1v) is 9.42. The van der Waals surface area contributed by atoms with Gasteiger partial charge in [0.05, 0.1) is 12.2 Å². The van der Waals surface area contributed by atoms with E-state index in [9.17, 15) is 0 Å². The van der Waals surface area contributed by atoms with Gasteiger partial charge < -0.3 is 14.7 Å². The molecule has 1 aromatic heterocycles. The zero-order valence-electron chi connectivity index (χ0n) is 15.4. The molecule has 2 aromatic rings. The Morgan fingerprint density at radius 1 is 1.23 bits per heavy atom. The Kier molecular flexibility index (Phi) is 6.52. The molecule has 1 saturated heterocycles. The zero-order chi connectivity index (χ0) is 18.4. The Morgan fingerprint density at radius 2 is 1.96 bits per heavy atom. The Balaban J connectivity index is 1.47. The third-order valence-electron chi connectivity index (χ3n) is 4.59. The lowest BCUT2D eigenvalue weighted by Crippen LogP contribution is -2.52. The Bertz CT molecular complexity index is 720. The lowest BCUT2D eigenvalue weighted by atomic mass is 10.2. The number of nitrogens with one attached hydrogen (secondary N) is 1. The molecule has 26 heavy (non-hydrogen) atoms. The molecule has 0 bridgehead atoms. The standard InChI is InChI=1S/C19H26ClN5O/c1-3-17-12-18(26-23-17)13-22-19(21-2)25-10-8-24(9-11-25)14-15-4-6-16(20)7-5-15/h4-7,12H,3,8-11,13-14H2,1-2H3,(H,21,22). The number of guanidine groups is 1. The maximum atomic E-state index is 5.96. The summed E-state index contributed by atoms with van der Waals surface area (Å²) in [4.78, 5) is 9.15. The van der Waals surface area contributed by atoms with E-state index in [-0.39, 0.29) is 0 Å². The summed E-state index contributed by atoms with van der Waals surface area (Å²) in [6.45, 7) is 7.53. The highest BCUT2D eigenvalue weighted by Gasteiger charge is 2.19. The van der Waals surface area contributed by atoms with Crippen LogP contribution in [-0.4, -0.2) is 54.1 Å². The summed E-state index contributed by atoms with van der Waals surface area (Å²) in [7, 11) is 1.82. The van der Waals surface area contributed by atoms with E-state index in [0.717, 1.165) is 61.6 Å². The molecule has 1 aliphatic heterocycles. The number of nitrogens with zero attached hydrogens (tertiary/aromatic N) is 4. The largest absolute Gasteiger partial charge is 0.359 e. The fourth-order valence-electron chi connectivity index (χ4n) is 3.07. The third-order valence-corrected chi connectivity index (χ3v) is 4.85. The molecule has 6 nitrogen and oxygen atoms in total. The molecule has 0 unspecified atom stereocenters. The quantitative estimate of drug-likeness (QED) is 0.643. The van der Waals surface area contributed by atoms with Gasteiger partial charge in [-0.05, 0) is 24.1 Å². The summed E-state index contributed by atoms with van der Waals surface area (Å²) in [6, 6.07) is 10.1. The van der Waals surface area contributed by atoms with Crippen LogP contribution in [0.5, 0.6) is 0 Å². The van der Waals surface area contributed by atoms with Crippen LogP contribution in [0.3, 0.4) is 0 Å². The molecule has 3 rings (SSSR count). The van der Waals surface area contributed by atoms with Crippen molar-refractivity contribution in [2.45, 2.75) is 26.4 Å². The molecule has 2 heterocycles. The van der Waals surface area contributed by atoms with Crippen LogP contribution in [0.25, 0.3) is 0 Å². The predicted molar refractivity (Wildman–Crippen MR) is 104 cm³/mol. The van der Waals surface area contributed by atoms with Gasteiger partial charge in [-0.2, -0.15) is 0 Å². The van der Waals surface area contributed by atoms with Crippen LogP contribution in [0.4, 0.5) is 0 Å². The van der Waals surface area contributed by atoms with Crippen molar-refractivity contribution in [1.82, 2.24) is 20.3 Å². The number of halogens is 1. The molecule has 0 radical (unpaired) electrons. The molecular formula is C19H26ClN5O. The van der Waals surface area contributed by atoms with Gasteiger partial charge in [-0.15, -0.1) is 0 Å². The molecule has 7 heteroatoms. The first kappa shape index (κ1) is 18.7. The number of rotatable bonds is 5. The van der Waals surface area contributed by atoms with E-state index in [0.29, 0.717) is 6.54 Å². The third kappa shape index (κ3) is 4.99. The lowest BCUT2D eigenvalue weighted by Gasteiger charge is -2.36. The van der Waals surface area contributed by atoms with Crippen molar-refractivity contribution in [2.75, 3.05) is 33.2 Å². The maximum Gasteiger partial charge on any atom is 0.194 e. The van der Waals surface area contributed by atoms with Gasteiger partial charge in [-0.3, -0.25) is 9.89 Å². The molecule has 0 amide bonds. The van der Waals surface area contributed by atoms with Crippen LogP contribution < -0.4 is 5.32 Å². The molecule has 140 valence electrons. The second kappa shape index (κ2) is 9.05. The Labute approximate surface area is 159 Å². The highest BCUT2D eigenvalue weighted by atomic mass is 35.5. The van der Waals surface area contributed by atoms with Crippen LogP contribution >= 0.6 is 11.6 Å². The molecule has 0 saturated carbocycles. The monoisotopic (exact) mass is 375 g/mol. The number of piperazine rings is 1. The van der Waals surface area contributed by atoms with Gasteiger partial charge in [-0.25, -0.2) is 0 Å². The average Bonchev–Trinajstić information content (AvgIpc) is 3.13. The summed E-state index contributed by atoms with van der Waals surface area (Å²) in [5.74, 6) is 1.75. The number of benzene rings is 1. The first-order valence-electron chi connectivity index (χ1n) is 9.04. The number of hydrogen-bond donors (Lipinski definition) is 1. The van der Waals surface area contributed by atoms with E-state index in [1.54, 1.807) is 0 Å². The minimum Gasteiger partial charge on any atom is -0.359 e. The van der Waals surface area contributed by atoms with Gasteiger partial charge in [0, 0.05) is 50.9 Å². The van der Waals surface area contributed by atoms with E-state index in [4.69, 9.17) is 16.1 Å². The fraction of sp³-hybridized carbons (Fsp3) is 0.474. The van der Waals surface area contributed by atoms with E-state index < -0.39 is 0 Å². The van der Waals surface area contributed by atoms with Gasteiger partial charge in [0.1, 0.15) is 0 Å². The molecular weight excluding hydrogens is 350 g/mol. The zero-order valence-corrected chi connectivity index (χ0v) is 16.2. The molecule has 0 atom stereocenters. The average molecular weight is 376 g/mol. The second-order valence-electron chi connectivity index (χ2n) is 6.43. The summed E-state index contributed by atoms with van der Waals surface area (Å²) in [5.41, 5.74) is 2.27. The Morgan fingerprint density at radius 3 is 2.58 bits per heavy atom. The number of aromatic nitrogens is 1. The van der Waals surface area contributed by atoms with Crippen molar-refractivity contribution in [3.63, 3.8) is 0 Å². The van der Waals surface area contributed by atoms with E-state index in [1.807, 2.05) is 25.2 Å². The second-order valence-corrected chi connectivity index (χ2v) is 6.86. The van der Waals surface area contributed by atoms with Crippen LogP contribution in [0.15, 0.2) is 39.8 Å². The van der Waals surface area contributed by atoms with Crippen LogP contribution in [-0.2, 0) is 19.5 Å². The van der Waals surface area contributed by atoms with E-state index >= 15 is 0 Å². The Hall–Kier alpha value is -2.05. The van der Waals surface area contributed by atoms with Gasteiger partial charge in [0.15, 0.2) is 11.7 Å². The predicted octanol–water partition coefficient (Wildman–Crippen LogP) is 2.78. The van der Waals surface area contributed by atoms with Gasteiger partial charge in [0.2, 0.25) is 0 Å². The number of hydrogen-bond acceptors (Lipinski definition) is 4. The van der Waals surface area contributed by atoms with Gasteiger partial charge in [-0.1, -0.05) is 35.8 Å². The van der Waals surface area contributed by atoms with E-state index in [2.05, 4.69) is 44.3 Å². The lowest BCUT2D eigenvalue weighted by molar-refractivity contribution is 0.172. The number of aliphatic imine (C=N–C) groups is 1. The molecule has 1 fully saturated rings. The van der Waals surface area contributed by atoms with Crippen LogP contribution in [0, 0.1) is 0 Å². The highest BCUT2D eigenvalue weighted by Crippen LogP contribution is 2.13. The smallest absolute Gasteiger partial charge is 0.194 e. The summed E-state index contributed by atoms with van der Waals surface area (Å²) in [6.07, 6.45) is 0.883. The summed E-state index contributed by atoms with van der Waals surface area (Å²) in [5, 5.41) is 8.18. The first-order chi connectivity index (χ1) is 12.7. The van der Waals surface area contributed by atoms with E-state index in [1.165, 1.54) is 5.56 Å². The minimum absolute atomic E-state index is 0.602. The highest BCUT2D eigenvalue weighted by molar-refractivity contribution is 6.30. The van der Waals surface area contributed by atoms with Gasteiger partial charge >= 0.3 is 0 Å². The topological polar surface area (TPSA) is 56.9 Å². The van der Waals surface area contributed by atoms with Crippen molar-refractivity contribution in [3.05, 3.63) is 52.4 Å². The van der Waals surface area contributed by atoms with Gasteiger partial charge in [0.25, 0.3) is 0 Å². The molecule has 1 aromatic carbocycles. The number of aryl methyl sites for hydroxylation is 1. The van der Waals surface area contributed by atoms with Crippen molar-refractivity contribution < 1.29 is 4.52 Å². The van der Waals surface area contributed by atoms with Crippen molar-refractivity contribution >= 4 is 17.6 Å². The van der Waals surface area contributed by atoms with Crippen molar-refractivity contribution in [2.24, 2.45) is 4.99 Å². The van der Waals surface area contributed by atoms with Crippen LogP contribution in [0.2, 0.25) is 5.02 Å². The fourth-order valence-corrected chi connectivity index (χ4v) is 3.20. The van der Waals surface area contributed by atoms with Crippen molar-refractivity contribution in [1.29, 1.82) is 0 Å². The summed E-state index contributed by atoms with van der Waals surface area (Å²) >= 11 is 5.96. The normalized spacial score (nSPS) is 16.1. The molecule has 1 N–H and O–H groups in total. The SMILES string of the molecule is CCc1cc(CNC(=NC)N2CCN(Cc3ccc(Cl)cc3)CC2)on1. The molecule has 1 aliphatic rings. The maximum absolute atomic E-state index is 5.96. The minimum atomic E-state index is 0.602. The molecule has 0 spiro atoms. The van der Waals surface area contributed by atoms with Crippen LogP contribution in [0.1, 0.15) is 23.9 Å². The summed E-state index contributed by atoms with van der Waals surface area (Å²) < 4.78 is 5.33. The molecule has 0 aliphatic carbocycles.